The van der Waals surface area contributed by atoms with Crippen molar-refractivity contribution in [2.45, 2.75) is 45.4 Å². The number of ketones is 1. The van der Waals surface area contributed by atoms with Crippen LogP contribution in [0.5, 0.6) is 0 Å². The summed E-state index contributed by atoms with van der Waals surface area (Å²) < 4.78 is 0. The molecule has 1 nitrogen and oxygen atoms in total. The Labute approximate surface area is 74.9 Å². The van der Waals surface area contributed by atoms with Gasteiger partial charge in [-0.3, -0.25) is 4.79 Å². The van der Waals surface area contributed by atoms with Crippen molar-refractivity contribution in [3.05, 3.63) is 12.7 Å². The van der Waals surface area contributed by atoms with E-state index in [0.717, 1.165) is 25.7 Å². The van der Waals surface area contributed by atoms with Gasteiger partial charge in [-0.1, -0.05) is 25.8 Å². The molecule has 1 atom stereocenters. The number of carbonyl (C=O) groups excluding carboxylic acids is 1. The summed E-state index contributed by atoms with van der Waals surface area (Å²) in [5, 5.41) is 0. The van der Waals surface area contributed by atoms with Gasteiger partial charge in [-0.15, -0.1) is 6.58 Å². The first-order valence-corrected chi connectivity index (χ1v) is 4.83. The van der Waals surface area contributed by atoms with Crippen molar-refractivity contribution in [1.29, 1.82) is 0 Å². The number of carbonyl (C=O) groups is 1. The molecule has 0 aromatic heterocycles. The van der Waals surface area contributed by atoms with Gasteiger partial charge in [0, 0.05) is 11.8 Å². The van der Waals surface area contributed by atoms with Crippen LogP contribution in [0, 0.1) is 5.41 Å². The molecule has 0 aliphatic heterocycles. The summed E-state index contributed by atoms with van der Waals surface area (Å²) in [5.74, 6) is 0.444. The Morgan fingerprint density at radius 1 is 1.50 bits per heavy atom. The van der Waals surface area contributed by atoms with Gasteiger partial charge in [0.2, 0.25) is 0 Å². The third-order valence-electron chi connectivity index (χ3n) is 2.90. The molecular weight excluding hydrogens is 148 g/mol. The number of Topliss-reactive ketones (excluding diaryl/α,β-unsaturated/α-hetero) is 1. The van der Waals surface area contributed by atoms with Crippen molar-refractivity contribution in [3.8, 4) is 0 Å². The summed E-state index contributed by atoms with van der Waals surface area (Å²) in [6.07, 6.45) is 8.08. The standard InChI is InChI=1S/C11H18O/c1-3-8-11(2)9-6-4-5-7-10(11)12/h3H,1,4-9H2,2H3/t11-/m1/s1. The molecule has 68 valence electrons. The topological polar surface area (TPSA) is 17.1 Å². The summed E-state index contributed by atoms with van der Waals surface area (Å²) >= 11 is 0. The predicted octanol–water partition coefficient (Wildman–Crippen LogP) is 3.10. The van der Waals surface area contributed by atoms with Crippen LogP contribution in [0.3, 0.4) is 0 Å². The lowest BCUT2D eigenvalue weighted by atomic mass is 9.78. The minimum atomic E-state index is -0.0851. The third-order valence-corrected chi connectivity index (χ3v) is 2.90. The second-order valence-corrected chi connectivity index (χ2v) is 4.04. The minimum Gasteiger partial charge on any atom is -0.299 e. The van der Waals surface area contributed by atoms with Gasteiger partial charge < -0.3 is 0 Å². The van der Waals surface area contributed by atoms with Crippen molar-refractivity contribution in [1.82, 2.24) is 0 Å². The Morgan fingerprint density at radius 2 is 2.25 bits per heavy atom. The Hall–Kier alpha value is -0.590. The van der Waals surface area contributed by atoms with Crippen LogP contribution in [-0.4, -0.2) is 5.78 Å². The van der Waals surface area contributed by atoms with E-state index in [2.05, 4.69) is 13.5 Å². The molecule has 0 amide bonds. The molecule has 0 bridgehead atoms. The van der Waals surface area contributed by atoms with E-state index in [4.69, 9.17) is 0 Å². The lowest BCUT2D eigenvalue weighted by Crippen LogP contribution is -2.25. The molecule has 0 radical (unpaired) electrons. The van der Waals surface area contributed by atoms with E-state index in [0.29, 0.717) is 5.78 Å². The molecule has 1 heteroatoms. The summed E-state index contributed by atoms with van der Waals surface area (Å²) in [5.41, 5.74) is -0.0851. The van der Waals surface area contributed by atoms with Crippen LogP contribution < -0.4 is 0 Å². The highest BCUT2D eigenvalue weighted by Crippen LogP contribution is 2.34. The maximum absolute atomic E-state index is 11.7. The average molecular weight is 166 g/mol. The lowest BCUT2D eigenvalue weighted by Gasteiger charge is -2.24. The van der Waals surface area contributed by atoms with E-state index in [1.54, 1.807) is 0 Å². The zero-order valence-corrected chi connectivity index (χ0v) is 7.94. The molecule has 12 heavy (non-hydrogen) atoms. The molecule has 0 aromatic rings. The van der Waals surface area contributed by atoms with Crippen LogP contribution in [-0.2, 0) is 4.79 Å². The molecule has 0 unspecified atom stereocenters. The van der Waals surface area contributed by atoms with E-state index in [1.165, 1.54) is 12.8 Å². The average Bonchev–Trinajstić information content (AvgIpc) is 2.17. The number of hydrogen-bond donors (Lipinski definition) is 0. The van der Waals surface area contributed by atoms with Crippen molar-refractivity contribution in [3.63, 3.8) is 0 Å². The van der Waals surface area contributed by atoms with Crippen molar-refractivity contribution >= 4 is 5.78 Å². The fourth-order valence-electron chi connectivity index (χ4n) is 1.95. The second-order valence-electron chi connectivity index (χ2n) is 4.04. The number of hydrogen-bond acceptors (Lipinski definition) is 1. The number of allylic oxidation sites excluding steroid dienone is 1. The van der Waals surface area contributed by atoms with Gasteiger partial charge in [-0.2, -0.15) is 0 Å². The third kappa shape index (κ3) is 1.96. The summed E-state index contributed by atoms with van der Waals surface area (Å²) in [6, 6.07) is 0. The van der Waals surface area contributed by atoms with Gasteiger partial charge >= 0.3 is 0 Å². The quantitative estimate of drug-likeness (QED) is 0.455. The van der Waals surface area contributed by atoms with Crippen molar-refractivity contribution in [2.75, 3.05) is 0 Å². The van der Waals surface area contributed by atoms with E-state index in [1.807, 2.05) is 6.08 Å². The first-order chi connectivity index (χ1) is 5.69. The molecule has 0 heterocycles. The second kappa shape index (κ2) is 3.88. The maximum Gasteiger partial charge on any atom is 0.139 e. The molecular formula is C11H18O. The highest BCUT2D eigenvalue weighted by molar-refractivity contribution is 5.84. The molecule has 1 fully saturated rings. The summed E-state index contributed by atoms with van der Waals surface area (Å²) in [7, 11) is 0. The fraction of sp³-hybridized carbons (Fsp3) is 0.727. The Morgan fingerprint density at radius 3 is 2.92 bits per heavy atom. The fourth-order valence-corrected chi connectivity index (χ4v) is 1.95. The van der Waals surface area contributed by atoms with Gasteiger partial charge in [0.1, 0.15) is 5.78 Å². The zero-order chi connectivity index (χ0) is 9.03. The Bertz CT molecular complexity index is 183. The van der Waals surface area contributed by atoms with Crippen LogP contribution in [0.15, 0.2) is 12.7 Å². The smallest absolute Gasteiger partial charge is 0.139 e. The summed E-state index contributed by atoms with van der Waals surface area (Å²) in [4.78, 5) is 11.7. The number of rotatable bonds is 2. The highest BCUT2D eigenvalue weighted by Gasteiger charge is 2.31. The molecule has 1 aliphatic carbocycles. The van der Waals surface area contributed by atoms with Crippen LogP contribution in [0.1, 0.15) is 45.4 Å². The molecule has 0 N–H and O–H groups in total. The highest BCUT2D eigenvalue weighted by atomic mass is 16.1. The maximum atomic E-state index is 11.7. The Kier molecular flexibility index (Phi) is 3.07. The van der Waals surface area contributed by atoms with Crippen LogP contribution >= 0.6 is 0 Å². The molecule has 1 rings (SSSR count). The van der Waals surface area contributed by atoms with Crippen LogP contribution in [0.25, 0.3) is 0 Å². The molecule has 1 saturated carbocycles. The first kappa shape index (κ1) is 9.50. The zero-order valence-electron chi connectivity index (χ0n) is 7.94. The van der Waals surface area contributed by atoms with Gasteiger partial charge in [0.15, 0.2) is 0 Å². The molecule has 0 saturated heterocycles. The minimum absolute atomic E-state index is 0.0851. The van der Waals surface area contributed by atoms with Crippen LogP contribution in [0.4, 0.5) is 0 Å². The molecule has 0 aromatic carbocycles. The van der Waals surface area contributed by atoms with Crippen molar-refractivity contribution in [2.24, 2.45) is 5.41 Å². The van der Waals surface area contributed by atoms with Gasteiger partial charge in [-0.25, -0.2) is 0 Å². The lowest BCUT2D eigenvalue weighted by molar-refractivity contribution is -0.127. The van der Waals surface area contributed by atoms with Crippen LogP contribution in [0.2, 0.25) is 0 Å². The van der Waals surface area contributed by atoms with E-state index in [9.17, 15) is 4.79 Å². The predicted molar refractivity (Wildman–Crippen MR) is 51.0 cm³/mol. The van der Waals surface area contributed by atoms with E-state index < -0.39 is 0 Å². The largest absolute Gasteiger partial charge is 0.299 e. The molecule has 0 spiro atoms. The Balaban J connectivity index is 2.68. The summed E-state index contributed by atoms with van der Waals surface area (Å²) in [6.45, 7) is 5.80. The monoisotopic (exact) mass is 166 g/mol. The van der Waals surface area contributed by atoms with Gasteiger partial charge in [0.05, 0.1) is 0 Å². The normalized spacial score (nSPS) is 31.2. The van der Waals surface area contributed by atoms with Gasteiger partial charge in [-0.05, 0) is 19.3 Å². The van der Waals surface area contributed by atoms with E-state index in [-0.39, 0.29) is 5.41 Å². The van der Waals surface area contributed by atoms with Gasteiger partial charge in [0.25, 0.3) is 0 Å². The SMILES string of the molecule is C=CC[C@]1(C)CCCCCC1=O. The van der Waals surface area contributed by atoms with Crippen molar-refractivity contribution < 1.29 is 4.79 Å². The first-order valence-electron chi connectivity index (χ1n) is 4.83. The van der Waals surface area contributed by atoms with E-state index >= 15 is 0 Å². The molecule has 1 aliphatic rings.